The molecule has 0 saturated carbocycles. The molecule has 0 radical (unpaired) electrons. The van der Waals surface area contributed by atoms with Crippen LogP contribution in [0.2, 0.25) is 0 Å². The number of carboxylic acids is 2. The smallest absolute Gasteiger partial charge is 0.355 e. The van der Waals surface area contributed by atoms with Crippen molar-refractivity contribution in [3.63, 3.8) is 0 Å². The number of esters is 1. The molecule has 110 valence electrons. The molecule has 0 heterocycles. The first-order chi connectivity index (χ1) is 8.79. The number of unbranched alkanes of at least 4 members (excludes halogenated alkanes) is 1. The van der Waals surface area contributed by atoms with Crippen molar-refractivity contribution in [2.24, 2.45) is 0 Å². The van der Waals surface area contributed by atoms with Gasteiger partial charge in [0, 0.05) is 0 Å². The zero-order valence-corrected chi connectivity index (χ0v) is 11.3. The first-order valence-corrected chi connectivity index (χ1v) is 6.46. The number of rotatable bonds is 9. The molecule has 0 saturated heterocycles. The Morgan fingerprint density at radius 1 is 1.32 bits per heavy atom. The third kappa shape index (κ3) is 5.05. The summed E-state index contributed by atoms with van der Waals surface area (Å²) in [5.41, 5.74) is -4.20. The van der Waals surface area contributed by atoms with E-state index in [0.29, 0.717) is 5.75 Å². The molecule has 0 aromatic heterocycles. The first-order valence-electron chi connectivity index (χ1n) is 5.41. The lowest BCUT2D eigenvalue weighted by Crippen LogP contribution is -2.48. The van der Waals surface area contributed by atoms with Crippen molar-refractivity contribution >= 4 is 29.7 Å². The second-order valence-electron chi connectivity index (χ2n) is 3.73. The van der Waals surface area contributed by atoms with Gasteiger partial charge in [-0.25, -0.2) is 19.3 Å². The van der Waals surface area contributed by atoms with Gasteiger partial charge in [0.05, 0.1) is 0 Å². The number of hydrogen-bond donors (Lipinski definition) is 3. The SMILES string of the molecule is CCCCSC(OC(=O)C(C)(OO)C(=O)O)C(=O)O. The summed E-state index contributed by atoms with van der Waals surface area (Å²) in [5, 5.41) is 26.0. The summed E-state index contributed by atoms with van der Waals surface area (Å²) in [5.74, 6) is -4.26. The summed E-state index contributed by atoms with van der Waals surface area (Å²) in [6, 6.07) is 0. The topological polar surface area (TPSA) is 130 Å². The minimum Gasteiger partial charge on any atom is -0.479 e. The highest BCUT2D eigenvalue weighted by molar-refractivity contribution is 8.00. The molecule has 0 spiro atoms. The molecule has 3 N–H and O–H groups in total. The van der Waals surface area contributed by atoms with Gasteiger partial charge in [0.1, 0.15) is 0 Å². The Hall–Kier alpha value is -1.32. The number of carboxylic acid groups (broad SMARTS) is 2. The molecular weight excluding hydrogens is 280 g/mol. The summed E-state index contributed by atoms with van der Waals surface area (Å²) < 4.78 is 4.53. The second kappa shape index (κ2) is 7.97. The van der Waals surface area contributed by atoms with Gasteiger partial charge in [-0.15, -0.1) is 11.8 Å². The van der Waals surface area contributed by atoms with Gasteiger partial charge in [0.15, 0.2) is 0 Å². The van der Waals surface area contributed by atoms with Gasteiger partial charge in [-0.3, -0.25) is 5.26 Å². The molecule has 19 heavy (non-hydrogen) atoms. The van der Waals surface area contributed by atoms with Crippen LogP contribution in [-0.4, -0.2) is 50.2 Å². The number of ether oxygens (including phenoxy) is 1. The predicted octanol–water partition coefficient (Wildman–Crippen LogP) is 0.806. The largest absolute Gasteiger partial charge is 0.479 e. The average molecular weight is 296 g/mol. The van der Waals surface area contributed by atoms with Crippen LogP contribution >= 0.6 is 11.8 Å². The molecule has 0 bridgehead atoms. The Morgan fingerprint density at radius 3 is 2.26 bits per heavy atom. The standard InChI is InChI=1S/C10H16O8S/c1-3-4-5-19-7(6(11)12)17-9(15)10(2,18-16)8(13)14/h7,16H,3-5H2,1-2H3,(H,11,12)(H,13,14). The molecule has 2 atom stereocenters. The fraction of sp³-hybridized carbons (Fsp3) is 0.700. The zero-order valence-electron chi connectivity index (χ0n) is 10.5. The maximum Gasteiger partial charge on any atom is 0.355 e. The van der Waals surface area contributed by atoms with E-state index in [1.807, 2.05) is 6.92 Å². The maximum absolute atomic E-state index is 11.5. The lowest BCUT2D eigenvalue weighted by Gasteiger charge is -2.21. The first kappa shape index (κ1) is 17.7. The molecular formula is C10H16O8S. The van der Waals surface area contributed by atoms with Crippen LogP contribution in [0.4, 0.5) is 0 Å². The van der Waals surface area contributed by atoms with E-state index in [1.165, 1.54) is 0 Å². The number of aliphatic carboxylic acids is 2. The monoisotopic (exact) mass is 296 g/mol. The van der Waals surface area contributed by atoms with Crippen LogP contribution in [0.15, 0.2) is 0 Å². The van der Waals surface area contributed by atoms with Crippen molar-refractivity contribution in [2.75, 3.05) is 5.75 Å². The van der Waals surface area contributed by atoms with E-state index in [-0.39, 0.29) is 0 Å². The number of hydrogen-bond acceptors (Lipinski definition) is 7. The van der Waals surface area contributed by atoms with Crippen molar-refractivity contribution in [1.29, 1.82) is 0 Å². The summed E-state index contributed by atoms with van der Waals surface area (Å²) >= 11 is 0.848. The van der Waals surface area contributed by atoms with E-state index in [0.717, 1.165) is 31.5 Å². The Balaban J connectivity index is 4.71. The minimum atomic E-state index is -2.65. The Morgan fingerprint density at radius 2 is 1.89 bits per heavy atom. The summed E-state index contributed by atoms with van der Waals surface area (Å²) in [6.45, 7) is 2.66. The normalized spacial score (nSPS) is 15.3. The number of thioether (sulfide) groups is 1. The average Bonchev–Trinajstić information content (AvgIpc) is 2.35. The van der Waals surface area contributed by atoms with Gasteiger partial charge in [-0.2, -0.15) is 0 Å². The summed E-state index contributed by atoms with van der Waals surface area (Å²) in [6.07, 6.45) is 1.55. The number of carbonyl (C=O) groups is 3. The van der Waals surface area contributed by atoms with Crippen molar-refractivity contribution in [2.45, 2.75) is 37.7 Å². The molecule has 0 aliphatic carbocycles. The van der Waals surface area contributed by atoms with Gasteiger partial charge >= 0.3 is 17.9 Å². The molecule has 0 fully saturated rings. The molecule has 0 aliphatic rings. The quantitative estimate of drug-likeness (QED) is 0.141. The Labute approximate surface area is 113 Å². The molecule has 2 unspecified atom stereocenters. The Bertz CT molecular complexity index is 344. The van der Waals surface area contributed by atoms with E-state index >= 15 is 0 Å². The molecule has 0 rings (SSSR count). The lowest BCUT2D eigenvalue weighted by atomic mass is 10.1. The fourth-order valence-corrected chi connectivity index (χ4v) is 1.83. The second-order valence-corrected chi connectivity index (χ2v) is 4.90. The molecule has 0 aliphatic heterocycles. The number of carbonyl (C=O) groups excluding carboxylic acids is 1. The van der Waals surface area contributed by atoms with Crippen molar-refractivity contribution in [3.05, 3.63) is 0 Å². The van der Waals surface area contributed by atoms with E-state index in [1.54, 1.807) is 0 Å². The van der Waals surface area contributed by atoms with Gasteiger partial charge in [0.2, 0.25) is 5.44 Å². The highest BCUT2D eigenvalue weighted by atomic mass is 32.2. The van der Waals surface area contributed by atoms with E-state index in [2.05, 4.69) is 9.62 Å². The zero-order chi connectivity index (χ0) is 15.1. The van der Waals surface area contributed by atoms with Crippen molar-refractivity contribution in [3.8, 4) is 0 Å². The van der Waals surface area contributed by atoms with Crippen LogP contribution in [-0.2, 0) is 24.0 Å². The van der Waals surface area contributed by atoms with Crippen LogP contribution in [0.3, 0.4) is 0 Å². The van der Waals surface area contributed by atoms with Crippen molar-refractivity contribution in [1.82, 2.24) is 0 Å². The van der Waals surface area contributed by atoms with Gasteiger partial charge < -0.3 is 14.9 Å². The van der Waals surface area contributed by atoms with Gasteiger partial charge in [0.25, 0.3) is 5.60 Å². The maximum atomic E-state index is 11.5. The third-order valence-electron chi connectivity index (χ3n) is 2.16. The van der Waals surface area contributed by atoms with E-state index in [4.69, 9.17) is 15.5 Å². The fourth-order valence-electron chi connectivity index (χ4n) is 0.864. The van der Waals surface area contributed by atoms with E-state index < -0.39 is 28.9 Å². The highest BCUT2D eigenvalue weighted by Gasteiger charge is 2.47. The molecule has 0 aromatic rings. The van der Waals surface area contributed by atoms with Gasteiger partial charge in [-0.05, 0) is 19.1 Å². The summed E-state index contributed by atoms with van der Waals surface area (Å²) in [7, 11) is 0. The molecule has 0 aromatic carbocycles. The minimum absolute atomic E-state index is 0.435. The van der Waals surface area contributed by atoms with Crippen molar-refractivity contribution < 1.29 is 39.5 Å². The van der Waals surface area contributed by atoms with E-state index in [9.17, 15) is 14.4 Å². The van der Waals surface area contributed by atoms with Crippen LogP contribution < -0.4 is 0 Å². The lowest BCUT2D eigenvalue weighted by molar-refractivity contribution is -0.308. The molecule has 9 heteroatoms. The molecule has 0 amide bonds. The summed E-state index contributed by atoms with van der Waals surface area (Å²) in [4.78, 5) is 36.7. The third-order valence-corrected chi connectivity index (χ3v) is 3.29. The van der Waals surface area contributed by atoms with Gasteiger partial charge in [-0.1, -0.05) is 13.3 Å². The molecule has 8 nitrogen and oxygen atoms in total. The van der Waals surface area contributed by atoms with Crippen LogP contribution in [0.5, 0.6) is 0 Å². The highest BCUT2D eigenvalue weighted by Crippen LogP contribution is 2.20. The van der Waals surface area contributed by atoms with Crippen LogP contribution in [0.1, 0.15) is 26.7 Å². The Kier molecular flexibility index (Phi) is 7.42. The van der Waals surface area contributed by atoms with Crippen LogP contribution in [0, 0.1) is 0 Å². The predicted molar refractivity (Wildman–Crippen MR) is 64.6 cm³/mol. The van der Waals surface area contributed by atoms with Crippen LogP contribution in [0.25, 0.3) is 0 Å².